The van der Waals surface area contributed by atoms with E-state index in [9.17, 15) is 13.2 Å². The number of halogens is 4. The zero-order valence-corrected chi connectivity index (χ0v) is 9.11. The molecular weight excluding hydrogens is 275 g/mol. The van der Waals surface area contributed by atoms with Crippen LogP contribution in [0.2, 0.25) is 0 Å². The molecule has 0 aliphatic heterocycles. The maximum atomic E-state index is 12.5. The Morgan fingerprint density at radius 1 is 1.33 bits per heavy atom. The van der Waals surface area contributed by atoms with Crippen molar-refractivity contribution < 1.29 is 17.7 Å². The molecule has 2 nitrogen and oxygen atoms in total. The number of hydrogen-bond donors (Lipinski definition) is 0. The number of rotatable bonds is 0. The van der Waals surface area contributed by atoms with E-state index in [1.807, 2.05) is 0 Å². The van der Waals surface area contributed by atoms with E-state index in [2.05, 4.69) is 21.1 Å². The number of nitrogens with zero attached hydrogens (tertiary/aromatic N) is 1. The molecule has 80 valence electrons. The molecule has 0 radical (unpaired) electrons. The van der Waals surface area contributed by atoms with E-state index in [1.165, 1.54) is 0 Å². The van der Waals surface area contributed by atoms with Crippen molar-refractivity contribution in [2.24, 2.45) is 0 Å². The van der Waals surface area contributed by atoms with Crippen molar-refractivity contribution in [2.45, 2.75) is 13.1 Å². The molecule has 1 heterocycles. The van der Waals surface area contributed by atoms with Gasteiger partial charge in [0, 0.05) is 5.39 Å². The predicted molar refractivity (Wildman–Crippen MR) is 51.4 cm³/mol. The Morgan fingerprint density at radius 3 is 2.60 bits per heavy atom. The van der Waals surface area contributed by atoms with Crippen molar-refractivity contribution in [3.05, 3.63) is 27.9 Å². The number of hydrogen-bond acceptors (Lipinski definition) is 2. The van der Waals surface area contributed by atoms with E-state index >= 15 is 0 Å². The van der Waals surface area contributed by atoms with Crippen molar-refractivity contribution in [3.8, 4) is 0 Å². The van der Waals surface area contributed by atoms with Gasteiger partial charge in [-0.1, -0.05) is 5.16 Å². The van der Waals surface area contributed by atoms with Gasteiger partial charge >= 0.3 is 6.18 Å². The lowest BCUT2D eigenvalue weighted by atomic mass is 10.1. The Bertz CT molecular complexity index is 518. The molecule has 15 heavy (non-hydrogen) atoms. The Morgan fingerprint density at radius 2 is 2.00 bits per heavy atom. The van der Waals surface area contributed by atoms with Crippen LogP contribution in [0.4, 0.5) is 13.2 Å². The molecule has 0 saturated carbocycles. The normalized spacial score (nSPS) is 12.3. The van der Waals surface area contributed by atoms with Gasteiger partial charge in [0.1, 0.15) is 0 Å². The first-order chi connectivity index (χ1) is 6.89. The number of aryl methyl sites for hydroxylation is 1. The lowest BCUT2D eigenvalue weighted by Gasteiger charge is -2.06. The average Bonchev–Trinajstić information content (AvgIpc) is 2.47. The van der Waals surface area contributed by atoms with Gasteiger partial charge in [0.05, 0.1) is 15.7 Å². The van der Waals surface area contributed by atoms with Crippen molar-refractivity contribution >= 4 is 26.9 Å². The zero-order valence-electron chi connectivity index (χ0n) is 7.52. The van der Waals surface area contributed by atoms with Crippen LogP contribution in [-0.2, 0) is 6.18 Å². The van der Waals surface area contributed by atoms with Crippen LogP contribution in [-0.4, -0.2) is 5.16 Å². The molecule has 0 bridgehead atoms. The van der Waals surface area contributed by atoms with Crippen LogP contribution in [0.5, 0.6) is 0 Å². The Balaban J connectivity index is 2.76. The fourth-order valence-corrected chi connectivity index (χ4v) is 1.81. The summed E-state index contributed by atoms with van der Waals surface area (Å²) in [6.45, 7) is 1.60. The number of alkyl halides is 3. The summed E-state index contributed by atoms with van der Waals surface area (Å²) in [5, 5.41) is 3.98. The minimum absolute atomic E-state index is 0.257. The summed E-state index contributed by atoms with van der Waals surface area (Å²) >= 11 is 3.02. The molecule has 2 rings (SSSR count). The summed E-state index contributed by atoms with van der Waals surface area (Å²) in [4.78, 5) is 0. The molecule has 1 aromatic heterocycles. The van der Waals surface area contributed by atoms with E-state index in [0.29, 0.717) is 16.7 Å². The molecule has 0 fully saturated rings. The second kappa shape index (κ2) is 3.23. The van der Waals surface area contributed by atoms with Gasteiger partial charge in [-0.3, -0.25) is 0 Å². The Hall–Kier alpha value is -1.04. The van der Waals surface area contributed by atoms with Crippen LogP contribution in [0.25, 0.3) is 11.0 Å². The first-order valence-corrected chi connectivity index (χ1v) is 4.81. The number of aromatic nitrogens is 1. The Kier molecular flexibility index (Phi) is 2.26. The molecule has 0 aliphatic carbocycles. The Labute approximate surface area is 91.2 Å². The third-order valence-electron chi connectivity index (χ3n) is 2.03. The largest absolute Gasteiger partial charge is 0.416 e. The summed E-state index contributed by atoms with van der Waals surface area (Å²) in [7, 11) is 0. The molecule has 0 unspecified atom stereocenters. The van der Waals surface area contributed by atoms with Gasteiger partial charge in [-0.15, -0.1) is 0 Å². The minimum Gasteiger partial charge on any atom is -0.355 e. The van der Waals surface area contributed by atoms with E-state index in [4.69, 9.17) is 4.52 Å². The summed E-state index contributed by atoms with van der Waals surface area (Å²) in [5.74, 6) is 0. The van der Waals surface area contributed by atoms with Crippen LogP contribution >= 0.6 is 15.9 Å². The highest BCUT2D eigenvalue weighted by Crippen LogP contribution is 2.36. The first kappa shape index (κ1) is 10.5. The number of benzene rings is 1. The quantitative estimate of drug-likeness (QED) is 0.731. The van der Waals surface area contributed by atoms with Gasteiger partial charge in [0.25, 0.3) is 0 Å². The SMILES string of the molecule is Cc1noc2c(Br)cc(C(F)(F)F)cc12. The van der Waals surface area contributed by atoms with Crippen molar-refractivity contribution in [1.82, 2.24) is 5.16 Å². The predicted octanol–water partition coefficient (Wildman–Crippen LogP) is 3.92. The second-order valence-electron chi connectivity index (χ2n) is 3.10. The smallest absolute Gasteiger partial charge is 0.355 e. The molecule has 0 N–H and O–H groups in total. The van der Waals surface area contributed by atoms with Gasteiger partial charge in [-0.2, -0.15) is 13.2 Å². The summed E-state index contributed by atoms with van der Waals surface area (Å²) in [6, 6.07) is 2.01. The molecule has 1 aromatic carbocycles. The third-order valence-corrected chi connectivity index (χ3v) is 2.62. The van der Waals surface area contributed by atoms with Gasteiger partial charge in [0.2, 0.25) is 0 Å². The fourth-order valence-electron chi connectivity index (χ4n) is 1.28. The molecular formula is C9H5BrF3NO. The summed E-state index contributed by atoms with van der Waals surface area (Å²) in [6.07, 6.45) is -4.36. The highest BCUT2D eigenvalue weighted by Gasteiger charge is 2.32. The van der Waals surface area contributed by atoms with E-state index in [0.717, 1.165) is 12.1 Å². The highest BCUT2D eigenvalue weighted by atomic mass is 79.9. The molecule has 0 saturated heterocycles. The van der Waals surface area contributed by atoms with Gasteiger partial charge in [-0.25, -0.2) is 0 Å². The van der Waals surface area contributed by atoms with E-state index in [-0.39, 0.29) is 4.47 Å². The topological polar surface area (TPSA) is 26.0 Å². The summed E-state index contributed by atoms with van der Waals surface area (Å²) in [5.41, 5.74) is 0.0606. The van der Waals surface area contributed by atoms with Gasteiger partial charge in [-0.05, 0) is 35.0 Å². The first-order valence-electron chi connectivity index (χ1n) is 4.02. The number of fused-ring (bicyclic) bond motifs is 1. The molecule has 0 atom stereocenters. The average molecular weight is 280 g/mol. The summed E-state index contributed by atoms with van der Waals surface area (Å²) < 4.78 is 42.5. The van der Waals surface area contributed by atoms with Gasteiger partial charge < -0.3 is 4.52 Å². The molecule has 2 aromatic rings. The second-order valence-corrected chi connectivity index (χ2v) is 3.95. The van der Waals surface area contributed by atoms with Crippen molar-refractivity contribution in [1.29, 1.82) is 0 Å². The molecule has 0 spiro atoms. The minimum atomic E-state index is -4.36. The van der Waals surface area contributed by atoms with Crippen LogP contribution < -0.4 is 0 Å². The fraction of sp³-hybridized carbons (Fsp3) is 0.222. The lowest BCUT2D eigenvalue weighted by Crippen LogP contribution is -2.04. The zero-order chi connectivity index (χ0) is 11.2. The lowest BCUT2D eigenvalue weighted by molar-refractivity contribution is -0.137. The van der Waals surface area contributed by atoms with Crippen LogP contribution in [0, 0.1) is 6.92 Å². The van der Waals surface area contributed by atoms with Crippen LogP contribution in [0.15, 0.2) is 21.1 Å². The van der Waals surface area contributed by atoms with Crippen LogP contribution in [0.3, 0.4) is 0 Å². The van der Waals surface area contributed by atoms with Crippen molar-refractivity contribution in [3.63, 3.8) is 0 Å². The standard InChI is InChI=1S/C9H5BrF3NO/c1-4-6-2-5(9(11,12)13)3-7(10)8(6)15-14-4/h2-3H,1H3. The van der Waals surface area contributed by atoms with E-state index < -0.39 is 11.7 Å². The molecule has 0 amide bonds. The van der Waals surface area contributed by atoms with Gasteiger partial charge in [0.15, 0.2) is 5.58 Å². The maximum Gasteiger partial charge on any atom is 0.416 e. The molecule has 6 heteroatoms. The molecule has 0 aliphatic rings. The highest BCUT2D eigenvalue weighted by molar-refractivity contribution is 9.10. The maximum absolute atomic E-state index is 12.5. The van der Waals surface area contributed by atoms with Crippen molar-refractivity contribution in [2.75, 3.05) is 0 Å². The van der Waals surface area contributed by atoms with E-state index in [1.54, 1.807) is 6.92 Å². The monoisotopic (exact) mass is 279 g/mol. The third kappa shape index (κ3) is 1.73. The van der Waals surface area contributed by atoms with Crippen LogP contribution in [0.1, 0.15) is 11.3 Å².